The number of anilines is 1. The van der Waals surface area contributed by atoms with Crippen LogP contribution in [0.4, 0.5) is 5.69 Å². The minimum atomic E-state index is -0.577. The highest BCUT2D eigenvalue weighted by Gasteiger charge is 2.20. The number of benzene rings is 1. The smallest absolute Gasteiger partial charge is 0.412 e. The number of carbonyl (C=O) groups excluding carboxylic acids is 2. The molecule has 0 spiro atoms. The molecule has 0 saturated carbocycles. The van der Waals surface area contributed by atoms with Crippen molar-refractivity contribution in [1.29, 1.82) is 0 Å². The topological polar surface area (TPSA) is 108 Å². The number of oxazole rings is 1. The van der Waals surface area contributed by atoms with Gasteiger partial charge in [-0.25, -0.2) is 9.36 Å². The largest absolute Gasteiger partial charge is 0.423 e. The van der Waals surface area contributed by atoms with Crippen LogP contribution in [0.3, 0.4) is 0 Å². The molecule has 0 atom stereocenters. The third-order valence-electron chi connectivity index (χ3n) is 4.48. The fourth-order valence-electron chi connectivity index (χ4n) is 3.15. The Hall–Kier alpha value is -2.88. The second-order valence-electron chi connectivity index (χ2n) is 6.39. The van der Waals surface area contributed by atoms with E-state index in [9.17, 15) is 14.4 Å². The SMILES string of the molecule is NC(=O)c1sc(Cl)cc1Cc1cn(-c2ccc(N3CCOCC3=O)cc2)c(=O)o1. The summed E-state index contributed by atoms with van der Waals surface area (Å²) in [4.78, 5) is 37.8. The monoisotopic (exact) mass is 433 g/mol. The average Bonchev–Trinajstić information content (AvgIpc) is 3.24. The number of thiophene rings is 1. The molecule has 1 fully saturated rings. The summed E-state index contributed by atoms with van der Waals surface area (Å²) in [7, 11) is 0. The lowest BCUT2D eigenvalue weighted by atomic mass is 10.1. The standard InChI is InChI=1S/C19H16ClN3O5S/c20-15-8-11(17(29-15)18(21)25)7-14-9-23(19(26)28-14)13-3-1-12(2-4-13)22-5-6-27-10-16(22)24/h1-4,8-9H,5-7,10H2,(H2,21,25). The zero-order valence-corrected chi connectivity index (χ0v) is 16.7. The lowest BCUT2D eigenvalue weighted by molar-refractivity contribution is -0.125. The van der Waals surface area contributed by atoms with Gasteiger partial charge in [0.2, 0.25) is 0 Å². The molecule has 4 rings (SSSR count). The quantitative estimate of drug-likeness (QED) is 0.663. The van der Waals surface area contributed by atoms with E-state index in [1.165, 1.54) is 4.57 Å². The molecule has 0 radical (unpaired) electrons. The van der Waals surface area contributed by atoms with Gasteiger partial charge in [0.25, 0.3) is 11.8 Å². The number of morpholine rings is 1. The number of aromatic nitrogens is 1. The van der Waals surface area contributed by atoms with Crippen LogP contribution in [0.5, 0.6) is 0 Å². The van der Waals surface area contributed by atoms with E-state index in [0.29, 0.717) is 39.4 Å². The van der Waals surface area contributed by atoms with Crippen LogP contribution in [-0.2, 0) is 16.0 Å². The minimum absolute atomic E-state index is 0.0617. The van der Waals surface area contributed by atoms with Crippen LogP contribution >= 0.6 is 22.9 Å². The van der Waals surface area contributed by atoms with Crippen molar-refractivity contribution >= 4 is 40.4 Å². The first kappa shape index (κ1) is 19.4. The fourth-order valence-corrected chi connectivity index (χ4v) is 4.27. The Labute approximate surface area is 174 Å². The molecule has 3 heterocycles. The van der Waals surface area contributed by atoms with Gasteiger partial charge in [0.05, 0.1) is 27.7 Å². The van der Waals surface area contributed by atoms with E-state index in [4.69, 9.17) is 26.5 Å². The number of carbonyl (C=O) groups is 2. The molecule has 1 aliphatic heterocycles. The molecule has 1 aliphatic rings. The van der Waals surface area contributed by atoms with Crippen LogP contribution in [0.1, 0.15) is 21.0 Å². The Morgan fingerprint density at radius 1 is 1.21 bits per heavy atom. The Balaban J connectivity index is 1.57. The van der Waals surface area contributed by atoms with Crippen LogP contribution in [0.25, 0.3) is 5.69 Å². The van der Waals surface area contributed by atoms with Crippen molar-refractivity contribution in [1.82, 2.24) is 4.57 Å². The number of halogens is 1. The number of rotatable bonds is 5. The van der Waals surface area contributed by atoms with E-state index in [-0.39, 0.29) is 18.9 Å². The first-order valence-electron chi connectivity index (χ1n) is 8.70. The molecule has 150 valence electrons. The number of amides is 2. The molecule has 0 unspecified atom stereocenters. The van der Waals surface area contributed by atoms with Crippen molar-refractivity contribution in [3.8, 4) is 5.69 Å². The van der Waals surface area contributed by atoms with Gasteiger partial charge in [-0.3, -0.25) is 9.59 Å². The lowest BCUT2D eigenvalue weighted by Crippen LogP contribution is -2.41. The number of hydrogen-bond donors (Lipinski definition) is 1. The first-order valence-corrected chi connectivity index (χ1v) is 9.90. The van der Waals surface area contributed by atoms with Crippen LogP contribution < -0.4 is 16.4 Å². The Bertz CT molecular complexity index is 1130. The van der Waals surface area contributed by atoms with E-state index in [0.717, 1.165) is 17.0 Å². The predicted octanol–water partition coefficient (Wildman–Crippen LogP) is 2.20. The highest BCUT2D eigenvalue weighted by Crippen LogP contribution is 2.28. The molecule has 8 nitrogen and oxygen atoms in total. The van der Waals surface area contributed by atoms with Crippen LogP contribution in [0, 0.1) is 0 Å². The number of nitrogens with zero attached hydrogens (tertiary/aromatic N) is 2. The number of ether oxygens (including phenoxy) is 1. The Kier molecular flexibility index (Phi) is 5.27. The van der Waals surface area contributed by atoms with E-state index < -0.39 is 11.7 Å². The molecule has 3 aromatic rings. The summed E-state index contributed by atoms with van der Waals surface area (Å²) in [5, 5.41) is 0. The van der Waals surface area contributed by atoms with Gasteiger partial charge in [0, 0.05) is 18.7 Å². The maximum absolute atomic E-state index is 12.3. The van der Waals surface area contributed by atoms with E-state index in [2.05, 4.69) is 0 Å². The molecule has 2 aromatic heterocycles. The van der Waals surface area contributed by atoms with E-state index >= 15 is 0 Å². The van der Waals surface area contributed by atoms with Crippen molar-refractivity contribution in [2.45, 2.75) is 6.42 Å². The summed E-state index contributed by atoms with van der Waals surface area (Å²) in [5.74, 6) is -0.866. The normalized spacial score (nSPS) is 14.4. The highest BCUT2D eigenvalue weighted by atomic mass is 35.5. The summed E-state index contributed by atoms with van der Waals surface area (Å²) in [6.07, 6.45) is 1.78. The maximum atomic E-state index is 12.3. The van der Waals surface area contributed by atoms with E-state index in [1.54, 1.807) is 41.4 Å². The molecule has 0 aliphatic carbocycles. The van der Waals surface area contributed by atoms with Crippen LogP contribution in [0.2, 0.25) is 4.34 Å². The molecular weight excluding hydrogens is 418 g/mol. The molecule has 2 amide bonds. The van der Waals surface area contributed by atoms with Gasteiger partial charge in [0.1, 0.15) is 12.4 Å². The third kappa shape index (κ3) is 3.98. The first-order chi connectivity index (χ1) is 13.9. The number of nitrogens with two attached hydrogens (primary N) is 1. The van der Waals surface area contributed by atoms with Crippen molar-refractivity contribution in [3.05, 3.63) is 67.6 Å². The summed E-state index contributed by atoms with van der Waals surface area (Å²) in [5.41, 5.74) is 7.30. The van der Waals surface area contributed by atoms with Gasteiger partial charge in [0.15, 0.2) is 0 Å². The summed E-state index contributed by atoms with van der Waals surface area (Å²) in [6, 6.07) is 8.63. The summed E-state index contributed by atoms with van der Waals surface area (Å²) >= 11 is 7.06. The van der Waals surface area contributed by atoms with Gasteiger partial charge in [-0.1, -0.05) is 11.6 Å². The second-order valence-corrected chi connectivity index (χ2v) is 8.08. The van der Waals surface area contributed by atoms with Gasteiger partial charge >= 0.3 is 5.76 Å². The zero-order chi connectivity index (χ0) is 20.5. The fraction of sp³-hybridized carbons (Fsp3) is 0.211. The molecule has 1 saturated heterocycles. The van der Waals surface area contributed by atoms with Crippen LogP contribution in [-0.4, -0.2) is 36.1 Å². The van der Waals surface area contributed by atoms with Gasteiger partial charge < -0.3 is 19.8 Å². The molecular formula is C19H16ClN3O5S. The molecule has 1 aromatic carbocycles. The lowest BCUT2D eigenvalue weighted by Gasteiger charge is -2.26. The molecule has 29 heavy (non-hydrogen) atoms. The maximum Gasteiger partial charge on any atom is 0.423 e. The predicted molar refractivity (Wildman–Crippen MR) is 108 cm³/mol. The minimum Gasteiger partial charge on any atom is -0.412 e. The van der Waals surface area contributed by atoms with Crippen molar-refractivity contribution < 1.29 is 18.7 Å². The average molecular weight is 434 g/mol. The number of primary amides is 1. The van der Waals surface area contributed by atoms with Crippen LogP contribution in [0.15, 0.2) is 45.7 Å². The van der Waals surface area contributed by atoms with Gasteiger partial charge in [-0.15, -0.1) is 11.3 Å². The van der Waals surface area contributed by atoms with E-state index in [1.807, 2.05) is 0 Å². The second kappa shape index (κ2) is 7.86. The van der Waals surface area contributed by atoms with Gasteiger partial charge in [-0.2, -0.15) is 0 Å². The Morgan fingerprint density at radius 3 is 2.62 bits per heavy atom. The highest BCUT2D eigenvalue weighted by molar-refractivity contribution is 7.18. The summed E-state index contributed by atoms with van der Waals surface area (Å²) in [6.45, 7) is 1.03. The third-order valence-corrected chi connectivity index (χ3v) is 5.80. The van der Waals surface area contributed by atoms with Gasteiger partial charge in [-0.05, 0) is 35.9 Å². The molecule has 0 bridgehead atoms. The zero-order valence-electron chi connectivity index (χ0n) is 15.1. The van der Waals surface area contributed by atoms with Crippen molar-refractivity contribution in [2.24, 2.45) is 5.73 Å². The number of hydrogen-bond acceptors (Lipinski definition) is 6. The van der Waals surface area contributed by atoms with Crippen molar-refractivity contribution in [2.75, 3.05) is 24.7 Å². The van der Waals surface area contributed by atoms with Crippen molar-refractivity contribution in [3.63, 3.8) is 0 Å². The molecule has 10 heteroatoms. The summed E-state index contributed by atoms with van der Waals surface area (Å²) < 4.78 is 12.2. The Morgan fingerprint density at radius 2 is 1.93 bits per heavy atom. The molecule has 2 N–H and O–H groups in total.